The summed E-state index contributed by atoms with van der Waals surface area (Å²) in [5.74, 6) is -3.00. The van der Waals surface area contributed by atoms with Crippen molar-refractivity contribution in [3.63, 3.8) is 0 Å². The Bertz CT molecular complexity index is 1220. The summed E-state index contributed by atoms with van der Waals surface area (Å²) < 4.78 is 0. The van der Waals surface area contributed by atoms with Crippen LogP contribution in [-0.4, -0.2) is 93.7 Å². The average Bonchev–Trinajstić information content (AvgIpc) is 3.33. The molecule has 1 aromatic heterocycles. The predicted octanol–water partition coefficient (Wildman–Crippen LogP) is -1.24. The van der Waals surface area contributed by atoms with Gasteiger partial charge in [0.1, 0.15) is 18.1 Å². The van der Waals surface area contributed by atoms with Crippen LogP contribution in [0.25, 0.3) is 10.9 Å². The maximum absolute atomic E-state index is 13.3. The normalized spacial score (nSPS) is 14.7. The van der Waals surface area contributed by atoms with E-state index in [9.17, 15) is 29.4 Å². The summed E-state index contributed by atoms with van der Waals surface area (Å²) in [6, 6.07) is 2.53. The maximum Gasteiger partial charge on any atom is 0.326 e. The van der Waals surface area contributed by atoms with Gasteiger partial charge in [-0.05, 0) is 49.8 Å². The largest absolute Gasteiger partial charge is 0.480 e. The standard InChI is InChI=1S/C26H40N8O6S/c1-14(35)21(34-22(36)17(27)9-11-41-2)24(38)32-19(8-5-10-30-26(28)29)23(37)33-20(25(39)40)12-15-13-31-18-7-4-3-6-16(15)18/h3-4,6-7,13-14,17,19-21,31,35H,5,8-12,27H2,1-2H3,(H,32,38)(H,33,37)(H,34,36)(H,39,40)(H4,28,29,30). The van der Waals surface area contributed by atoms with Crippen LogP contribution in [0.1, 0.15) is 31.7 Å². The van der Waals surface area contributed by atoms with Gasteiger partial charge in [-0.1, -0.05) is 18.2 Å². The number of H-pyrrole nitrogens is 1. The lowest BCUT2D eigenvalue weighted by Gasteiger charge is -2.26. The molecule has 0 saturated carbocycles. The fourth-order valence-corrected chi connectivity index (χ4v) is 4.56. The Morgan fingerprint density at radius 1 is 1.02 bits per heavy atom. The smallest absolute Gasteiger partial charge is 0.326 e. The van der Waals surface area contributed by atoms with Crippen molar-refractivity contribution in [2.75, 3.05) is 18.6 Å². The summed E-state index contributed by atoms with van der Waals surface area (Å²) in [4.78, 5) is 58.0. The van der Waals surface area contributed by atoms with E-state index in [-0.39, 0.29) is 31.8 Å². The monoisotopic (exact) mass is 592 g/mol. The highest BCUT2D eigenvalue weighted by Crippen LogP contribution is 2.19. The third kappa shape index (κ3) is 10.6. The number of carboxylic acids is 1. The number of carboxylic acid groups (broad SMARTS) is 1. The van der Waals surface area contributed by atoms with Gasteiger partial charge in [-0.25, -0.2) is 4.79 Å². The molecule has 0 spiro atoms. The fraction of sp³-hybridized carbons (Fsp3) is 0.500. The van der Waals surface area contributed by atoms with Crippen molar-refractivity contribution in [2.24, 2.45) is 22.2 Å². The number of aliphatic hydroxyl groups is 1. The lowest BCUT2D eigenvalue weighted by molar-refractivity contribution is -0.142. The number of nitrogens with two attached hydrogens (primary N) is 3. The minimum Gasteiger partial charge on any atom is -0.480 e. The molecule has 5 atom stereocenters. The molecular weight excluding hydrogens is 552 g/mol. The highest BCUT2D eigenvalue weighted by Gasteiger charge is 2.32. The zero-order valence-electron chi connectivity index (χ0n) is 23.1. The van der Waals surface area contributed by atoms with E-state index in [0.29, 0.717) is 17.7 Å². The third-order valence-corrected chi connectivity index (χ3v) is 6.97. The zero-order valence-corrected chi connectivity index (χ0v) is 23.9. The van der Waals surface area contributed by atoms with E-state index in [1.165, 1.54) is 18.7 Å². The number of aromatic amines is 1. The minimum atomic E-state index is -1.41. The molecule has 1 aromatic carbocycles. The Labute approximate surface area is 242 Å². The topological polar surface area (TPSA) is 251 Å². The summed E-state index contributed by atoms with van der Waals surface area (Å²) >= 11 is 1.51. The van der Waals surface area contributed by atoms with Gasteiger partial charge < -0.3 is 48.3 Å². The number of aliphatic imine (C=N–C) groups is 1. The van der Waals surface area contributed by atoms with Crippen LogP contribution in [0.15, 0.2) is 35.5 Å². The SMILES string of the molecule is CSCCC(N)C(=O)NC(C(=O)NC(CCCN=C(N)N)C(=O)NC(Cc1c[nH]c2ccccc12)C(=O)O)C(C)O. The van der Waals surface area contributed by atoms with Crippen LogP contribution >= 0.6 is 11.8 Å². The molecule has 14 nitrogen and oxygen atoms in total. The number of rotatable bonds is 17. The number of thioether (sulfide) groups is 1. The Morgan fingerprint density at radius 2 is 1.71 bits per heavy atom. The van der Waals surface area contributed by atoms with Crippen LogP contribution in [0.2, 0.25) is 0 Å². The molecule has 0 bridgehead atoms. The van der Waals surface area contributed by atoms with Crippen molar-refractivity contribution in [3.8, 4) is 0 Å². The number of fused-ring (bicyclic) bond motifs is 1. The van der Waals surface area contributed by atoms with Crippen LogP contribution in [0.4, 0.5) is 0 Å². The highest BCUT2D eigenvalue weighted by molar-refractivity contribution is 7.98. The number of amides is 3. The van der Waals surface area contributed by atoms with E-state index in [4.69, 9.17) is 17.2 Å². The molecule has 41 heavy (non-hydrogen) atoms. The van der Waals surface area contributed by atoms with Gasteiger partial charge in [0, 0.05) is 30.1 Å². The van der Waals surface area contributed by atoms with Crippen LogP contribution < -0.4 is 33.2 Å². The number of aromatic nitrogens is 1. The lowest BCUT2D eigenvalue weighted by atomic mass is 10.0. The quantitative estimate of drug-likeness (QED) is 0.0600. The number of hydrogen-bond acceptors (Lipinski definition) is 8. The van der Waals surface area contributed by atoms with Crippen LogP contribution in [-0.2, 0) is 25.6 Å². The van der Waals surface area contributed by atoms with E-state index in [1.807, 2.05) is 30.5 Å². The number of benzene rings is 1. The third-order valence-electron chi connectivity index (χ3n) is 6.32. The summed E-state index contributed by atoms with van der Waals surface area (Å²) in [5.41, 5.74) is 18.1. The zero-order chi connectivity index (χ0) is 30.5. The van der Waals surface area contributed by atoms with E-state index >= 15 is 0 Å². The molecule has 2 aromatic rings. The van der Waals surface area contributed by atoms with Crippen molar-refractivity contribution in [3.05, 3.63) is 36.0 Å². The van der Waals surface area contributed by atoms with Gasteiger partial charge in [-0.15, -0.1) is 0 Å². The van der Waals surface area contributed by atoms with Crippen LogP contribution in [0.5, 0.6) is 0 Å². The van der Waals surface area contributed by atoms with Gasteiger partial charge in [-0.2, -0.15) is 11.8 Å². The van der Waals surface area contributed by atoms with E-state index < -0.39 is 54.0 Å². The first-order valence-electron chi connectivity index (χ1n) is 13.1. The second kappa shape index (κ2) is 16.4. The number of carbonyl (C=O) groups excluding carboxylic acids is 3. The van der Waals surface area contributed by atoms with E-state index in [2.05, 4.69) is 25.9 Å². The Hall–Kier alpha value is -3.82. The van der Waals surface area contributed by atoms with Gasteiger partial charge in [0.2, 0.25) is 17.7 Å². The lowest BCUT2D eigenvalue weighted by Crippen LogP contribution is -2.59. The Balaban J connectivity index is 2.19. The summed E-state index contributed by atoms with van der Waals surface area (Å²) in [6.07, 6.45) is 2.89. The molecule has 0 radical (unpaired) electrons. The second-order valence-electron chi connectivity index (χ2n) is 9.59. The summed E-state index contributed by atoms with van der Waals surface area (Å²) in [7, 11) is 0. The number of aliphatic hydroxyl groups excluding tert-OH is 1. The van der Waals surface area contributed by atoms with Gasteiger partial charge in [0.15, 0.2) is 5.96 Å². The molecule has 15 heteroatoms. The van der Waals surface area contributed by atoms with Gasteiger partial charge >= 0.3 is 5.97 Å². The molecule has 1 heterocycles. The van der Waals surface area contributed by atoms with Crippen LogP contribution in [0, 0.1) is 0 Å². The molecule has 12 N–H and O–H groups in total. The first kappa shape index (κ1) is 33.4. The molecule has 5 unspecified atom stereocenters. The van der Waals surface area contributed by atoms with E-state index in [0.717, 1.165) is 10.9 Å². The molecule has 0 aliphatic carbocycles. The number of guanidine groups is 1. The van der Waals surface area contributed by atoms with Crippen LogP contribution in [0.3, 0.4) is 0 Å². The highest BCUT2D eigenvalue weighted by atomic mass is 32.2. The molecule has 0 saturated heterocycles. The molecule has 0 aliphatic heterocycles. The number of para-hydroxylation sites is 1. The van der Waals surface area contributed by atoms with Crippen molar-refractivity contribution >= 4 is 52.3 Å². The fourth-order valence-electron chi connectivity index (χ4n) is 4.07. The average molecular weight is 593 g/mol. The molecular formula is C26H40N8O6S. The van der Waals surface area contributed by atoms with Gasteiger partial charge in [0.25, 0.3) is 0 Å². The second-order valence-corrected chi connectivity index (χ2v) is 10.6. The van der Waals surface area contributed by atoms with E-state index in [1.54, 1.807) is 6.20 Å². The molecule has 2 rings (SSSR count). The molecule has 3 amide bonds. The molecule has 226 valence electrons. The number of carbonyl (C=O) groups is 4. The number of aliphatic carboxylic acids is 1. The first-order chi connectivity index (χ1) is 19.4. The molecule has 0 fully saturated rings. The number of nitrogens with zero attached hydrogens (tertiary/aromatic N) is 1. The maximum atomic E-state index is 13.3. The van der Waals surface area contributed by atoms with Crippen molar-refractivity contribution in [2.45, 2.75) is 62.9 Å². The van der Waals surface area contributed by atoms with Gasteiger partial charge in [0.05, 0.1) is 12.1 Å². The van der Waals surface area contributed by atoms with Gasteiger partial charge in [-0.3, -0.25) is 19.4 Å². The van der Waals surface area contributed by atoms with Crippen molar-refractivity contribution in [1.29, 1.82) is 0 Å². The van der Waals surface area contributed by atoms with Crippen molar-refractivity contribution < 1.29 is 29.4 Å². The minimum absolute atomic E-state index is 0.0138. The Morgan fingerprint density at radius 3 is 2.34 bits per heavy atom. The number of hydrogen-bond donors (Lipinski definition) is 9. The number of nitrogens with one attached hydrogen (secondary N) is 4. The predicted molar refractivity (Wildman–Crippen MR) is 158 cm³/mol. The Kier molecular flexibility index (Phi) is 13.4. The first-order valence-corrected chi connectivity index (χ1v) is 14.5. The summed E-state index contributed by atoms with van der Waals surface area (Å²) in [6.45, 7) is 1.47. The van der Waals surface area contributed by atoms with Crippen molar-refractivity contribution in [1.82, 2.24) is 20.9 Å². The molecule has 0 aliphatic rings. The summed E-state index contributed by atoms with van der Waals surface area (Å²) in [5, 5.41) is 28.4.